The van der Waals surface area contributed by atoms with Gasteiger partial charge in [0, 0.05) is 27.6 Å². The van der Waals surface area contributed by atoms with E-state index < -0.39 is 0 Å². The van der Waals surface area contributed by atoms with Crippen molar-refractivity contribution < 1.29 is 9.59 Å². The molecule has 0 aliphatic rings. The molecule has 2 aromatic heterocycles. The number of aromatic nitrogens is 3. The van der Waals surface area contributed by atoms with Crippen LogP contribution in [0.4, 0.5) is 0 Å². The first-order valence-corrected chi connectivity index (χ1v) is 12.9. The van der Waals surface area contributed by atoms with E-state index in [9.17, 15) is 0 Å². The van der Waals surface area contributed by atoms with Gasteiger partial charge in [0.05, 0.1) is 25.6 Å². The average Bonchev–Trinajstić information content (AvgIpc) is 3.36. The minimum absolute atomic E-state index is 0.250. The van der Waals surface area contributed by atoms with Crippen molar-refractivity contribution in [1.82, 2.24) is 14.8 Å². The molecule has 0 aliphatic heterocycles. The highest BCUT2D eigenvalue weighted by Gasteiger charge is 2.19. The molecule has 0 saturated carbocycles. The van der Waals surface area contributed by atoms with Crippen molar-refractivity contribution in [3.63, 3.8) is 0 Å². The van der Waals surface area contributed by atoms with Crippen LogP contribution in [0.2, 0.25) is 15.1 Å². The summed E-state index contributed by atoms with van der Waals surface area (Å²) in [4.78, 5) is 21.2. The number of halogens is 3. The maximum atomic E-state index is 8.12. The molecule has 176 valence electrons. The third-order valence-electron chi connectivity index (χ3n) is 4.77. The van der Waals surface area contributed by atoms with Crippen LogP contribution in [0, 0.1) is 13.8 Å². The maximum Gasteiger partial charge on any atom is 0.373 e. The summed E-state index contributed by atoms with van der Waals surface area (Å²) in [5, 5.41) is 7.77. The van der Waals surface area contributed by atoms with Crippen molar-refractivity contribution in [2.45, 2.75) is 37.2 Å². The molecule has 2 aromatic carbocycles. The van der Waals surface area contributed by atoms with Gasteiger partial charge >= 0.3 is 6.15 Å². The number of thiazole rings is 1. The molecule has 0 bridgehead atoms. The molecule has 0 radical (unpaired) electrons. The Morgan fingerprint density at radius 1 is 1.00 bits per heavy atom. The minimum Gasteiger partial charge on any atom is -0.217 e. The normalized spacial score (nSPS) is 10.7. The molecule has 0 atom stereocenters. The third kappa shape index (κ3) is 5.92. The molecule has 4 aromatic rings. The molecule has 10 heteroatoms. The van der Waals surface area contributed by atoms with Crippen LogP contribution in [-0.4, -0.2) is 26.2 Å². The highest BCUT2D eigenvalue weighted by atomic mass is 35.5. The van der Waals surface area contributed by atoms with Crippen LogP contribution in [0.15, 0.2) is 46.8 Å². The number of benzene rings is 2. The van der Waals surface area contributed by atoms with Gasteiger partial charge in [0.1, 0.15) is 0 Å². The van der Waals surface area contributed by atoms with Gasteiger partial charge in [-0.15, -0.1) is 11.8 Å². The Kier molecular flexibility index (Phi) is 8.99. The molecule has 0 spiro atoms. The van der Waals surface area contributed by atoms with E-state index in [1.165, 1.54) is 0 Å². The minimum atomic E-state index is 0.250. The van der Waals surface area contributed by atoms with Crippen LogP contribution >= 0.6 is 57.9 Å². The Balaban J connectivity index is 0.00000103. The highest BCUT2D eigenvalue weighted by Crippen LogP contribution is 2.41. The highest BCUT2D eigenvalue weighted by molar-refractivity contribution is 8.01. The summed E-state index contributed by atoms with van der Waals surface area (Å²) in [7, 11) is 0. The summed E-state index contributed by atoms with van der Waals surface area (Å²) in [5.74, 6) is 0. The predicted molar refractivity (Wildman–Crippen MR) is 141 cm³/mol. The molecule has 2 heterocycles. The van der Waals surface area contributed by atoms with Gasteiger partial charge in [-0.3, -0.25) is 0 Å². The average molecular weight is 553 g/mol. The molecule has 5 nitrogen and oxygen atoms in total. The van der Waals surface area contributed by atoms with Crippen molar-refractivity contribution in [3.8, 4) is 27.5 Å². The van der Waals surface area contributed by atoms with Crippen molar-refractivity contribution in [2.75, 3.05) is 0 Å². The molecular weight excluding hydrogens is 533 g/mol. The lowest BCUT2D eigenvalue weighted by molar-refractivity contribution is -0.191. The Morgan fingerprint density at radius 2 is 1.71 bits per heavy atom. The van der Waals surface area contributed by atoms with E-state index in [-0.39, 0.29) is 6.15 Å². The molecule has 0 unspecified atom stereocenters. The van der Waals surface area contributed by atoms with Gasteiger partial charge in [0.25, 0.3) is 0 Å². The van der Waals surface area contributed by atoms with Gasteiger partial charge in [-0.1, -0.05) is 78.2 Å². The first kappa shape index (κ1) is 26.5. The molecule has 34 heavy (non-hydrogen) atoms. The number of rotatable bonds is 5. The van der Waals surface area contributed by atoms with Gasteiger partial charge in [0.2, 0.25) is 5.13 Å². The monoisotopic (exact) mass is 551 g/mol. The van der Waals surface area contributed by atoms with E-state index in [0.29, 0.717) is 15.3 Å². The summed E-state index contributed by atoms with van der Waals surface area (Å²) in [6, 6.07) is 11.6. The number of hydrogen-bond acceptors (Lipinski definition) is 6. The second-order valence-corrected chi connectivity index (χ2v) is 11.5. The van der Waals surface area contributed by atoms with Gasteiger partial charge in [0.15, 0.2) is 0 Å². The molecule has 4 rings (SSSR count). The zero-order chi connectivity index (χ0) is 25.0. The molecule has 0 amide bonds. The SMILES string of the molecule is Cc1nn(-c2nc(-c3ccc(Cl)c(Cl)c3)c(SC(C)C)s2)cc1-c1cccc(Cl)c1C.O=C=O. The van der Waals surface area contributed by atoms with Crippen molar-refractivity contribution >= 4 is 64.1 Å². The predicted octanol–water partition coefficient (Wildman–Crippen LogP) is 8.16. The smallest absolute Gasteiger partial charge is 0.217 e. The van der Waals surface area contributed by atoms with E-state index >= 15 is 0 Å². The number of carbonyl (C=O) groups excluding carboxylic acids is 2. The fraction of sp³-hybridized carbons (Fsp3) is 0.208. The van der Waals surface area contributed by atoms with Crippen LogP contribution in [0.1, 0.15) is 25.1 Å². The standard InChI is InChI=1S/C23H20Cl3N3S2.CO2/c1-12(2)30-22-21(15-8-9-19(25)20(26)10-15)27-23(31-22)29-11-17(14(4)28-29)16-6-5-7-18(24)13(16)3;2-1-3/h5-12H,1-4H3;. The molecule has 0 aliphatic carbocycles. The van der Waals surface area contributed by atoms with Gasteiger partial charge in [-0.05, 0) is 43.2 Å². The van der Waals surface area contributed by atoms with Crippen LogP contribution in [-0.2, 0) is 9.59 Å². The molecule has 0 saturated heterocycles. The Hall–Kier alpha value is -2.12. The lowest BCUT2D eigenvalue weighted by Crippen LogP contribution is -1.94. The second kappa shape index (κ2) is 11.5. The topological polar surface area (TPSA) is 64.8 Å². The fourth-order valence-electron chi connectivity index (χ4n) is 3.23. The summed E-state index contributed by atoms with van der Waals surface area (Å²) < 4.78 is 2.97. The summed E-state index contributed by atoms with van der Waals surface area (Å²) in [5.41, 5.74) is 5.92. The molecule has 0 N–H and O–H groups in total. The first-order valence-electron chi connectivity index (χ1n) is 10.1. The van der Waals surface area contributed by atoms with E-state index in [1.807, 2.05) is 49.0 Å². The summed E-state index contributed by atoms with van der Waals surface area (Å²) in [6.07, 6.45) is 2.27. The zero-order valence-electron chi connectivity index (χ0n) is 18.7. The Morgan fingerprint density at radius 3 is 2.35 bits per heavy atom. The lowest BCUT2D eigenvalue weighted by Gasteiger charge is -2.05. The Labute approximate surface area is 221 Å². The van der Waals surface area contributed by atoms with Gasteiger partial charge < -0.3 is 0 Å². The van der Waals surface area contributed by atoms with Crippen LogP contribution in [0.3, 0.4) is 0 Å². The van der Waals surface area contributed by atoms with E-state index in [2.05, 4.69) is 19.9 Å². The summed E-state index contributed by atoms with van der Waals surface area (Å²) in [6.45, 7) is 8.36. The molecule has 0 fully saturated rings. The van der Waals surface area contributed by atoms with Crippen molar-refractivity contribution in [2.24, 2.45) is 0 Å². The van der Waals surface area contributed by atoms with Crippen LogP contribution < -0.4 is 0 Å². The van der Waals surface area contributed by atoms with E-state index in [0.717, 1.165) is 48.0 Å². The quantitative estimate of drug-likeness (QED) is 0.234. The van der Waals surface area contributed by atoms with Crippen LogP contribution in [0.25, 0.3) is 27.5 Å². The fourth-order valence-corrected chi connectivity index (χ4v) is 6.15. The van der Waals surface area contributed by atoms with Gasteiger partial charge in [-0.2, -0.15) is 14.7 Å². The second-order valence-electron chi connectivity index (χ2n) is 7.50. The largest absolute Gasteiger partial charge is 0.373 e. The number of hydrogen-bond donors (Lipinski definition) is 0. The summed E-state index contributed by atoms with van der Waals surface area (Å²) >= 11 is 22.1. The van der Waals surface area contributed by atoms with E-state index in [1.54, 1.807) is 29.2 Å². The third-order valence-corrected chi connectivity index (χ3v) is 8.18. The van der Waals surface area contributed by atoms with Crippen molar-refractivity contribution in [3.05, 3.63) is 68.9 Å². The van der Waals surface area contributed by atoms with Crippen LogP contribution in [0.5, 0.6) is 0 Å². The number of aryl methyl sites for hydroxylation is 1. The zero-order valence-corrected chi connectivity index (χ0v) is 22.6. The van der Waals surface area contributed by atoms with E-state index in [4.69, 9.17) is 54.5 Å². The van der Waals surface area contributed by atoms with Crippen molar-refractivity contribution in [1.29, 1.82) is 0 Å². The first-order chi connectivity index (χ1) is 16.2. The van der Waals surface area contributed by atoms with Gasteiger partial charge in [-0.25, -0.2) is 9.67 Å². The number of nitrogens with zero attached hydrogens (tertiary/aromatic N) is 3. The molecular formula is C24H20Cl3N3O2S2. The Bertz CT molecular complexity index is 1360. The maximum absolute atomic E-state index is 8.12. The lowest BCUT2D eigenvalue weighted by atomic mass is 10.0. The number of thioether (sulfide) groups is 1.